The van der Waals surface area contributed by atoms with Gasteiger partial charge in [0, 0.05) is 5.56 Å². The normalized spacial score (nSPS) is 9.71. The van der Waals surface area contributed by atoms with E-state index in [1.807, 2.05) is 6.07 Å². The smallest absolute Gasteiger partial charge is 0.276 e. The van der Waals surface area contributed by atoms with E-state index in [0.717, 1.165) is 12.1 Å². The Morgan fingerprint density at radius 2 is 1.67 bits per heavy atom. The summed E-state index contributed by atoms with van der Waals surface area (Å²) in [6.07, 6.45) is 0. The zero-order valence-electron chi connectivity index (χ0n) is 12.4. The van der Waals surface area contributed by atoms with Crippen molar-refractivity contribution < 1.29 is 18.7 Å². The number of halogens is 1. The molecule has 0 aliphatic carbocycles. The van der Waals surface area contributed by atoms with Crippen LogP contribution in [0.1, 0.15) is 10.4 Å². The summed E-state index contributed by atoms with van der Waals surface area (Å²) in [6, 6.07) is 13.8. The number of thiocarbonyl (C=S) groups is 1. The second kappa shape index (κ2) is 8.59. The Bertz CT molecular complexity index is 723. The third kappa shape index (κ3) is 5.65. The monoisotopic (exact) mass is 347 g/mol. The molecule has 8 heteroatoms. The van der Waals surface area contributed by atoms with Gasteiger partial charge in [0.2, 0.25) is 0 Å². The van der Waals surface area contributed by atoms with E-state index in [0.29, 0.717) is 5.75 Å². The van der Waals surface area contributed by atoms with Gasteiger partial charge in [-0.3, -0.25) is 25.8 Å². The number of benzene rings is 2. The maximum atomic E-state index is 12.8. The van der Waals surface area contributed by atoms with Crippen molar-refractivity contribution in [2.75, 3.05) is 6.61 Å². The molecule has 0 aliphatic heterocycles. The SMILES string of the molecule is O=C(COc1ccccc1)NNC(=S)NC(=O)c1ccc(F)cc1. The molecule has 6 nitrogen and oxygen atoms in total. The largest absolute Gasteiger partial charge is 0.484 e. The van der Waals surface area contributed by atoms with Crippen molar-refractivity contribution in [3.63, 3.8) is 0 Å². The van der Waals surface area contributed by atoms with Crippen LogP contribution in [0.5, 0.6) is 5.75 Å². The average Bonchev–Trinajstić information content (AvgIpc) is 2.59. The summed E-state index contributed by atoms with van der Waals surface area (Å²) in [6.45, 7) is -0.217. The van der Waals surface area contributed by atoms with E-state index in [9.17, 15) is 14.0 Å². The third-order valence-corrected chi connectivity index (χ3v) is 2.97. The molecule has 0 unspecified atom stereocenters. The summed E-state index contributed by atoms with van der Waals surface area (Å²) >= 11 is 4.88. The fraction of sp³-hybridized carbons (Fsp3) is 0.0625. The van der Waals surface area contributed by atoms with Gasteiger partial charge in [0.05, 0.1) is 0 Å². The van der Waals surface area contributed by atoms with E-state index >= 15 is 0 Å². The number of amides is 2. The predicted molar refractivity (Wildman–Crippen MR) is 89.7 cm³/mol. The molecule has 0 saturated heterocycles. The Balaban J connectivity index is 1.71. The number of hydrogen-bond donors (Lipinski definition) is 3. The maximum absolute atomic E-state index is 12.8. The third-order valence-electron chi connectivity index (χ3n) is 2.76. The molecule has 0 bridgehead atoms. The Morgan fingerprint density at radius 3 is 2.33 bits per heavy atom. The zero-order valence-corrected chi connectivity index (χ0v) is 13.2. The van der Waals surface area contributed by atoms with Crippen molar-refractivity contribution in [2.24, 2.45) is 0 Å². The lowest BCUT2D eigenvalue weighted by molar-refractivity contribution is -0.123. The van der Waals surface area contributed by atoms with Crippen LogP contribution in [0.4, 0.5) is 4.39 Å². The zero-order chi connectivity index (χ0) is 17.4. The molecule has 0 saturated carbocycles. The first-order valence-corrected chi connectivity index (χ1v) is 7.29. The Morgan fingerprint density at radius 1 is 1.00 bits per heavy atom. The lowest BCUT2D eigenvalue weighted by atomic mass is 10.2. The standard InChI is InChI=1S/C16H14FN3O3S/c17-12-8-6-11(7-9-12)15(22)18-16(24)20-19-14(21)10-23-13-4-2-1-3-5-13/h1-9H,10H2,(H,19,21)(H2,18,20,22,24). The van der Waals surface area contributed by atoms with Gasteiger partial charge in [-0.05, 0) is 48.6 Å². The number of nitrogens with one attached hydrogen (secondary N) is 3. The molecule has 0 aromatic heterocycles. The van der Waals surface area contributed by atoms with Gasteiger partial charge in [-0.1, -0.05) is 18.2 Å². The number of carbonyl (C=O) groups excluding carboxylic acids is 2. The molecule has 0 aliphatic rings. The molecule has 2 rings (SSSR count). The molecule has 0 heterocycles. The van der Waals surface area contributed by atoms with Crippen LogP contribution in [0.2, 0.25) is 0 Å². The molecule has 0 atom stereocenters. The topological polar surface area (TPSA) is 79.5 Å². The minimum absolute atomic E-state index is 0.0996. The average molecular weight is 347 g/mol. The van der Waals surface area contributed by atoms with Gasteiger partial charge in [-0.15, -0.1) is 0 Å². The number of carbonyl (C=O) groups is 2. The Kier molecular flexibility index (Phi) is 6.21. The molecule has 0 fully saturated rings. The number of hydrogen-bond acceptors (Lipinski definition) is 4. The number of hydrazine groups is 1. The van der Waals surface area contributed by atoms with Crippen LogP contribution in [0, 0.1) is 5.82 Å². The number of ether oxygens (including phenoxy) is 1. The van der Waals surface area contributed by atoms with Crippen molar-refractivity contribution in [1.82, 2.24) is 16.2 Å². The van der Waals surface area contributed by atoms with Crippen LogP contribution in [0.15, 0.2) is 54.6 Å². The highest BCUT2D eigenvalue weighted by molar-refractivity contribution is 7.80. The summed E-state index contributed by atoms with van der Waals surface area (Å²) in [4.78, 5) is 23.4. The molecule has 2 aromatic carbocycles. The lowest BCUT2D eigenvalue weighted by Gasteiger charge is -2.11. The number of para-hydroxylation sites is 1. The Hall–Kier alpha value is -3.00. The highest BCUT2D eigenvalue weighted by atomic mass is 32.1. The molecule has 0 spiro atoms. The number of rotatable bonds is 4. The van der Waals surface area contributed by atoms with Crippen LogP contribution in [-0.4, -0.2) is 23.5 Å². The minimum Gasteiger partial charge on any atom is -0.484 e. The van der Waals surface area contributed by atoms with E-state index in [1.165, 1.54) is 12.1 Å². The first-order valence-electron chi connectivity index (χ1n) is 6.88. The molecule has 2 aromatic rings. The fourth-order valence-corrected chi connectivity index (χ4v) is 1.78. The van der Waals surface area contributed by atoms with Crippen LogP contribution in [0.25, 0.3) is 0 Å². The molecule has 3 N–H and O–H groups in total. The fourth-order valence-electron chi connectivity index (χ4n) is 1.64. The van der Waals surface area contributed by atoms with Gasteiger partial charge in [-0.25, -0.2) is 4.39 Å². The highest BCUT2D eigenvalue weighted by Crippen LogP contribution is 2.07. The van der Waals surface area contributed by atoms with Crippen molar-refractivity contribution in [3.05, 3.63) is 66.0 Å². The Labute approximate surface area is 143 Å². The minimum atomic E-state index is -0.526. The molecule has 0 radical (unpaired) electrons. The second-order valence-corrected chi connectivity index (χ2v) is 4.97. The summed E-state index contributed by atoms with van der Waals surface area (Å²) in [7, 11) is 0. The van der Waals surface area contributed by atoms with E-state index < -0.39 is 17.6 Å². The van der Waals surface area contributed by atoms with Gasteiger partial charge >= 0.3 is 0 Å². The van der Waals surface area contributed by atoms with Crippen molar-refractivity contribution in [2.45, 2.75) is 0 Å². The molecule has 124 valence electrons. The van der Waals surface area contributed by atoms with Crippen LogP contribution in [-0.2, 0) is 4.79 Å². The first-order chi connectivity index (χ1) is 11.5. The van der Waals surface area contributed by atoms with Crippen LogP contribution >= 0.6 is 12.2 Å². The van der Waals surface area contributed by atoms with Gasteiger partial charge in [0.1, 0.15) is 11.6 Å². The van der Waals surface area contributed by atoms with Crippen molar-refractivity contribution in [3.8, 4) is 5.75 Å². The quantitative estimate of drug-likeness (QED) is 0.578. The molecule has 24 heavy (non-hydrogen) atoms. The lowest BCUT2D eigenvalue weighted by Crippen LogP contribution is -2.49. The van der Waals surface area contributed by atoms with E-state index in [4.69, 9.17) is 17.0 Å². The molecular formula is C16H14FN3O3S. The van der Waals surface area contributed by atoms with Gasteiger partial charge in [-0.2, -0.15) is 0 Å². The predicted octanol–water partition coefficient (Wildman–Crippen LogP) is 1.54. The maximum Gasteiger partial charge on any atom is 0.276 e. The van der Waals surface area contributed by atoms with Gasteiger partial charge < -0.3 is 4.74 Å². The van der Waals surface area contributed by atoms with Crippen molar-refractivity contribution >= 4 is 29.1 Å². The van der Waals surface area contributed by atoms with Crippen molar-refractivity contribution in [1.29, 1.82) is 0 Å². The van der Waals surface area contributed by atoms with E-state index in [2.05, 4.69) is 16.2 Å². The summed E-state index contributed by atoms with van der Waals surface area (Å²) in [5.41, 5.74) is 4.90. The first kappa shape index (κ1) is 17.4. The van der Waals surface area contributed by atoms with E-state index in [-0.39, 0.29) is 17.3 Å². The highest BCUT2D eigenvalue weighted by Gasteiger charge is 2.09. The molecular weight excluding hydrogens is 333 g/mol. The summed E-state index contributed by atoms with van der Waals surface area (Å²) < 4.78 is 18.0. The van der Waals surface area contributed by atoms with Crippen LogP contribution in [0.3, 0.4) is 0 Å². The summed E-state index contributed by atoms with van der Waals surface area (Å²) in [5.74, 6) is -0.891. The second-order valence-electron chi connectivity index (χ2n) is 4.57. The van der Waals surface area contributed by atoms with Gasteiger partial charge in [0.15, 0.2) is 11.7 Å². The summed E-state index contributed by atoms with van der Waals surface area (Å²) in [5, 5.41) is 2.25. The molecule has 2 amide bonds. The van der Waals surface area contributed by atoms with Crippen LogP contribution < -0.4 is 20.9 Å². The van der Waals surface area contributed by atoms with Gasteiger partial charge in [0.25, 0.3) is 11.8 Å². The van der Waals surface area contributed by atoms with E-state index in [1.54, 1.807) is 24.3 Å².